The lowest BCUT2D eigenvalue weighted by Crippen LogP contribution is -2.02. The van der Waals surface area contributed by atoms with Crippen molar-refractivity contribution in [2.45, 2.75) is 19.1 Å². The summed E-state index contributed by atoms with van der Waals surface area (Å²) in [6.45, 7) is 2.77. The number of nitrogens with zero attached hydrogens (tertiary/aromatic N) is 1. The number of hydrogen-bond acceptors (Lipinski definition) is 4. The van der Waals surface area contributed by atoms with Crippen LogP contribution in [0.1, 0.15) is 18.3 Å². The van der Waals surface area contributed by atoms with Crippen LogP contribution >= 0.6 is 11.8 Å². The number of hydrogen-bond donors (Lipinski definition) is 2. The molecule has 5 nitrogen and oxygen atoms in total. The van der Waals surface area contributed by atoms with E-state index in [1.54, 1.807) is 11.8 Å². The fourth-order valence-corrected chi connectivity index (χ4v) is 2.26. The molecular weight excluding hydrogens is 262 g/mol. The van der Waals surface area contributed by atoms with E-state index in [1.165, 1.54) is 5.56 Å². The van der Waals surface area contributed by atoms with Crippen LogP contribution in [0.3, 0.4) is 0 Å². The van der Waals surface area contributed by atoms with E-state index in [-0.39, 0.29) is 5.69 Å². The Labute approximate surface area is 115 Å². The van der Waals surface area contributed by atoms with Gasteiger partial charge in [0, 0.05) is 5.75 Å². The van der Waals surface area contributed by atoms with Crippen LogP contribution in [0.5, 0.6) is 5.75 Å². The molecule has 0 aliphatic heterocycles. The minimum Gasteiger partial charge on any atom is -0.493 e. The summed E-state index contributed by atoms with van der Waals surface area (Å²) in [5, 5.41) is 6.18. The molecule has 2 N–H and O–H groups in total. The Morgan fingerprint density at radius 3 is 2.74 bits per heavy atom. The highest BCUT2D eigenvalue weighted by molar-refractivity contribution is 7.98. The average molecular weight is 279 g/mol. The van der Waals surface area contributed by atoms with Crippen molar-refractivity contribution >= 4 is 11.8 Å². The fraction of sp³-hybridized carbons (Fsp3) is 0.385. The summed E-state index contributed by atoms with van der Waals surface area (Å²) >= 11 is 1.67. The van der Waals surface area contributed by atoms with Crippen molar-refractivity contribution < 1.29 is 4.74 Å². The molecule has 0 saturated carbocycles. The molecule has 0 unspecified atom stereocenters. The number of aryl methyl sites for hydroxylation is 1. The van der Waals surface area contributed by atoms with E-state index in [1.807, 2.05) is 12.1 Å². The van der Waals surface area contributed by atoms with Crippen LogP contribution in [0, 0.1) is 0 Å². The van der Waals surface area contributed by atoms with Gasteiger partial charge in [-0.25, -0.2) is 9.89 Å². The first kappa shape index (κ1) is 13.7. The highest BCUT2D eigenvalue weighted by Crippen LogP contribution is 2.13. The SMILES string of the molecule is CCc1ccc(OCCSCc2n[nH]c(=O)[nH]2)cc1. The minimum atomic E-state index is -0.261. The Hall–Kier alpha value is -1.69. The monoisotopic (exact) mass is 279 g/mol. The van der Waals surface area contributed by atoms with Crippen molar-refractivity contribution in [2.24, 2.45) is 0 Å². The number of ether oxygens (including phenoxy) is 1. The maximum absolute atomic E-state index is 10.8. The number of benzene rings is 1. The van der Waals surface area contributed by atoms with E-state index in [4.69, 9.17) is 4.74 Å². The normalized spacial score (nSPS) is 10.6. The molecule has 0 saturated heterocycles. The minimum absolute atomic E-state index is 0.261. The first-order valence-corrected chi connectivity index (χ1v) is 7.36. The average Bonchev–Trinajstić information content (AvgIpc) is 2.85. The number of aromatic amines is 2. The largest absolute Gasteiger partial charge is 0.493 e. The first-order valence-electron chi connectivity index (χ1n) is 6.21. The van der Waals surface area contributed by atoms with Gasteiger partial charge in [-0.05, 0) is 24.1 Å². The van der Waals surface area contributed by atoms with Gasteiger partial charge in [-0.2, -0.15) is 16.9 Å². The number of aromatic nitrogens is 3. The zero-order chi connectivity index (χ0) is 13.5. The molecule has 1 heterocycles. The molecule has 1 aromatic heterocycles. The predicted molar refractivity (Wildman–Crippen MR) is 76.7 cm³/mol. The molecular formula is C13H17N3O2S. The van der Waals surface area contributed by atoms with E-state index in [2.05, 4.69) is 34.2 Å². The Balaban J connectivity index is 1.64. The summed E-state index contributed by atoms with van der Waals surface area (Å²) < 4.78 is 5.63. The van der Waals surface area contributed by atoms with E-state index in [0.717, 1.165) is 17.9 Å². The third kappa shape index (κ3) is 4.48. The third-order valence-corrected chi connectivity index (χ3v) is 3.55. The van der Waals surface area contributed by atoms with Crippen molar-refractivity contribution in [1.29, 1.82) is 0 Å². The van der Waals surface area contributed by atoms with Crippen LogP contribution in [0.2, 0.25) is 0 Å². The molecule has 0 amide bonds. The molecule has 2 rings (SSSR count). The highest BCUT2D eigenvalue weighted by atomic mass is 32.2. The van der Waals surface area contributed by atoms with Gasteiger partial charge in [-0.1, -0.05) is 19.1 Å². The maximum Gasteiger partial charge on any atom is 0.340 e. The van der Waals surface area contributed by atoms with Gasteiger partial charge in [0.05, 0.1) is 12.4 Å². The maximum atomic E-state index is 10.8. The van der Waals surface area contributed by atoms with Crippen molar-refractivity contribution in [3.63, 3.8) is 0 Å². The van der Waals surface area contributed by atoms with Gasteiger partial charge in [0.1, 0.15) is 11.6 Å². The van der Waals surface area contributed by atoms with Crippen molar-refractivity contribution in [1.82, 2.24) is 15.2 Å². The van der Waals surface area contributed by atoms with Gasteiger partial charge in [0.2, 0.25) is 0 Å². The molecule has 2 aromatic rings. The summed E-state index contributed by atoms with van der Waals surface area (Å²) in [4.78, 5) is 13.4. The molecule has 102 valence electrons. The van der Waals surface area contributed by atoms with Crippen LogP contribution in [0.4, 0.5) is 0 Å². The molecule has 0 radical (unpaired) electrons. The van der Waals surface area contributed by atoms with Gasteiger partial charge < -0.3 is 4.74 Å². The Morgan fingerprint density at radius 1 is 1.32 bits per heavy atom. The summed E-state index contributed by atoms with van der Waals surface area (Å²) in [6.07, 6.45) is 1.04. The summed E-state index contributed by atoms with van der Waals surface area (Å²) in [6, 6.07) is 8.15. The third-order valence-electron chi connectivity index (χ3n) is 2.62. The Kier molecular flexibility index (Phi) is 5.09. The number of nitrogens with one attached hydrogen (secondary N) is 2. The lowest BCUT2D eigenvalue weighted by atomic mass is 10.2. The van der Waals surface area contributed by atoms with E-state index in [0.29, 0.717) is 18.2 Å². The van der Waals surface area contributed by atoms with E-state index < -0.39 is 0 Å². The quantitative estimate of drug-likeness (QED) is 0.760. The van der Waals surface area contributed by atoms with Gasteiger partial charge >= 0.3 is 5.69 Å². The van der Waals surface area contributed by atoms with Crippen molar-refractivity contribution in [3.8, 4) is 5.75 Å². The van der Waals surface area contributed by atoms with Gasteiger partial charge in [-0.3, -0.25) is 4.98 Å². The molecule has 0 fully saturated rings. The van der Waals surface area contributed by atoms with Crippen LogP contribution in [0.15, 0.2) is 29.1 Å². The van der Waals surface area contributed by atoms with Crippen LogP contribution in [-0.4, -0.2) is 27.5 Å². The number of rotatable bonds is 7. The molecule has 19 heavy (non-hydrogen) atoms. The topological polar surface area (TPSA) is 70.8 Å². The molecule has 0 bridgehead atoms. The van der Waals surface area contributed by atoms with Crippen molar-refractivity contribution in [3.05, 3.63) is 46.1 Å². The lowest BCUT2D eigenvalue weighted by molar-refractivity contribution is 0.344. The van der Waals surface area contributed by atoms with Gasteiger partial charge in [-0.15, -0.1) is 0 Å². The smallest absolute Gasteiger partial charge is 0.340 e. The van der Waals surface area contributed by atoms with Crippen LogP contribution in [0.25, 0.3) is 0 Å². The lowest BCUT2D eigenvalue weighted by Gasteiger charge is -2.06. The zero-order valence-corrected chi connectivity index (χ0v) is 11.6. The fourth-order valence-electron chi connectivity index (χ4n) is 1.58. The second-order valence-corrected chi connectivity index (χ2v) is 5.13. The van der Waals surface area contributed by atoms with Crippen LogP contribution < -0.4 is 10.4 Å². The number of thioether (sulfide) groups is 1. The number of H-pyrrole nitrogens is 2. The van der Waals surface area contributed by atoms with E-state index >= 15 is 0 Å². The van der Waals surface area contributed by atoms with Crippen molar-refractivity contribution in [2.75, 3.05) is 12.4 Å². The standard InChI is InChI=1S/C13H17N3O2S/c1-2-10-3-5-11(6-4-10)18-7-8-19-9-12-14-13(17)16-15-12/h3-6H,2,7-9H2,1H3,(H2,14,15,16,17). The summed E-state index contributed by atoms with van der Waals surface area (Å²) in [5.74, 6) is 3.09. The molecule has 0 spiro atoms. The van der Waals surface area contributed by atoms with Gasteiger partial charge in [0.25, 0.3) is 0 Å². The molecule has 0 aliphatic carbocycles. The Morgan fingerprint density at radius 2 is 2.11 bits per heavy atom. The zero-order valence-electron chi connectivity index (χ0n) is 10.8. The molecule has 0 atom stereocenters. The second-order valence-electron chi connectivity index (χ2n) is 4.02. The summed E-state index contributed by atoms with van der Waals surface area (Å²) in [5.41, 5.74) is 1.05. The summed E-state index contributed by atoms with van der Waals surface area (Å²) in [7, 11) is 0. The second kappa shape index (κ2) is 7.04. The van der Waals surface area contributed by atoms with Crippen LogP contribution in [-0.2, 0) is 12.2 Å². The van der Waals surface area contributed by atoms with Gasteiger partial charge in [0.15, 0.2) is 0 Å². The molecule has 0 aliphatic rings. The molecule has 1 aromatic carbocycles. The predicted octanol–water partition coefficient (Wildman–Crippen LogP) is 1.97. The first-order chi connectivity index (χ1) is 9.28. The molecule has 6 heteroatoms. The Bertz CT molecular complexity index is 548. The van der Waals surface area contributed by atoms with E-state index in [9.17, 15) is 4.79 Å². The highest BCUT2D eigenvalue weighted by Gasteiger charge is 1.99.